The van der Waals surface area contributed by atoms with Gasteiger partial charge in [0.05, 0.1) is 0 Å². The van der Waals surface area contributed by atoms with Crippen LogP contribution >= 0.6 is 17.0 Å². The topological polar surface area (TPSA) is 35.6 Å². The van der Waals surface area contributed by atoms with Gasteiger partial charge in [0.2, 0.25) is 0 Å². The second-order valence-electron chi connectivity index (χ2n) is 7.37. The zero-order chi connectivity index (χ0) is 19.1. The van der Waals surface area contributed by atoms with Gasteiger partial charge in [0, 0.05) is 36.1 Å². The van der Waals surface area contributed by atoms with Gasteiger partial charge in [-0.3, -0.25) is 4.79 Å². The number of amides is 1. The Morgan fingerprint density at radius 2 is 1.75 bits per heavy atom. The molecular formula is C23H32BrN3O. The van der Waals surface area contributed by atoms with Crippen LogP contribution < -0.4 is 10.2 Å². The summed E-state index contributed by atoms with van der Waals surface area (Å²) in [5.41, 5.74) is 2.95. The summed E-state index contributed by atoms with van der Waals surface area (Å²) in [4.78, 5) is 17.3. The van der Waals surface area contributed by atoms with Crippen LogP contribution in [-0.4, -0.2) is 43.0 Å². The van der Waals surface area contributed by atoms with Gasteiger partial charge in [0.1, 0.15) is 0 Å². The normalized spacial score (nSPS) is 14.9. The number of para-hydroxylation sites is 1. The Balaban J connectivity index is 0.00000280. The van der Waals surface area contributed by atoms with Crippen LogP contribution in [0.15, 0.2) is 54.6 Å². The van der Waals surface area contributed by atoms with E-state index in [0.29, 0.717) is 12.6 Å². The van der Waals surface area contributed by atoms with Gasteiger partial charge in [-0.1, -0.05) is 31.2 Å². The summed E-state index contributed by atoms with van der Waals surface area (Å²) in [5, 5.41) is 2.98. The lowest BCUT2D eigenvalue weighted by Crippen LogP contribution is -2.39. The number of nitrogens with one attached hydrogen (secondary N) is 1. The molecule has 1 aliphatic rings. The number of halogens is 1. The van der Waals surface area contributed by atoms with Crippen molar-refractivity contribution in [2.75, 3.05) is 31.1 Å². The van der Waals surface area contributed by atoms with Gasteiger partial charge < -0.3 is 15.1 Å². The fourth-order valence-electron chi connectivity index (χ4n) is 3.80. The summed E-state index contributed by atoms with van der Waals surface area (Å²) >= 11 is 0. The van der Waals surface area contributed by atoms with Gasteiger partial charge in [-0.05, 0) is 69.6 Å². The highest BCUT2D eigenvalue weighted by atomic mass is 79.9. The molecular weight excluding hydrogens is 414 g/mol. The van der Waals surface area contributed by atoms with E-state index in [1.807, 2.05) is 24.3 Å². The molecule has 5 heteroatoms. The number of carbonyl (C=O) groups excluding carboxylic acids is 1. The number of likely N-dealkylation sites (tertiary alicyclic amines) is 1. The Morgan fingerprint density at radius 3 is 2.43 bits per heavy atom. The Kier molecular flexibility index (Phi) is 9.00. The van der Waals surface area contributed by atoms with Crippen LogP contribution in [0, 0.1) is 0 Å². The van der Waals surface area contributed by atoms with Crippen molar-refractivity contribution in [1.82, 2.24) is 10.2 Å². The van der Waals surface area contributed by atoms with Crippen LogP contribution in [0.5, 0.6) is 0 Å². The monoisotopic (exact) mass is 445 g/mol. The van der Waals surface area contributed by atoms with Crippen molar-refractivity contribution in [2.24, 2.45) is 0 Å². The van der Waals surface area contributed by atoms with Gasteiger partial charge in [-0.2, -0.15) is 0 Å². The fraction of sp³-hybridized carbons (Fsp3) is 0.435. The molecule has 2 aromatic rings. The fourth-order valence-corrected chi connectivity index (χ4v) is 3.80. The smallest absolute Gasteiger partial charge is 0.251 e. The molecule has 1 aliphatic heterocycles. The SMILES string of the molecule is Br.CCCNC(=O)c1cccc(N(c2ccccc2)C(C)CN2CCCC2)c1. The largest absolute Gasteiger partial charge is 0.352 e. The maximum Gasteiger partial charge on any atom is 0.251 e. The molecule has 2 aromatic carbocycles. The van der Waals surface area contributed by atoms with E-state index in [9.17, 15) is 4.79 Å². The standard InChI is InChI=1S/C23H31N3O.BrH/c1-3-14-24-23(27)20-10-9-13-22(17-20)26(21-11-5-4-6-12-21)19(2)18-25-15-7-8-16-25;/h4-6,9-13,17,19H,3,7-8,14-16,18H2,1-2H3,(H,24,27);1H. The third-order valence-electron chi connectivity index (χ3n) is 5.12. The first kappa shape index (κ1) is 22.4. The van der Waals surface area contributed by atoms with Crippen LogP contribution in [0.25, 0.3) is 0 Å². The predicted octanol–water partition coefficient (Wildman–Crippen LogP) is 5.03. The Labute approximate surface area is 179 Å². The second-order valence-corrected chi connectivity index (χ2v) is 7.37. The van der Waals surface area contributed by atoms with Crippen LogP contribution in [0.3, 0.4) is 0 Å². The lowest BCUT2D eigenvalue weighted by Gasteiger charge is -2.34. The van der Waals surface area contributed by atoms with Gasteiger partial charge in [0.15, 0.2) is 0 Å². The molecule has 28 heavy (non-hydrogen) atoms. The van der Waals surface area contributed by atoms with E-state index in [4.69, 9.17) is 0 Å². The Bertz CT molecular complexity index is 732. The summed E-state index contributed by atoms with van der Waals surface area (Å²) in [6.45, 7) is 8.44. The minimum atomic E-state index is -0.00101. The molecule has 0 spiro atoms. The number of nitrogens with zero attached hydrogens (tertiary/aromatic N) is 2. The average Bonchev–Trinajstić information content (AvgIpc) is 3.20. The molecule has 1 saturated heterocycles. The molecule has 152 valence electrons. The van der Waals surface area contributed by atoms with Crippen LogP contribution in [0.2, 0.25) is 0 Å². The van der Waals surface area contributed by atoms with Crippen molar-refractivity contribution >= 4 is 34.3 Å². The molecule has 1 atom stereocenters. The molecule has 1 heterocycles. The third-order valence-corrected chi connectivity index (χ3v) is 5.12. The van der Waals surface area contributed by atoms with Crippen molar-refractivity contribution in [1.29, 1.82) is 0 Å². The number of rotatable bonds is 8. The highest BCUT2D eigenvalue weighted by Crippen LogP contribution is 2.29. The highest BCUT2D eigenvalue weighted by molar-refractivity contribution is 8.93. The molecule has 0 aliphatic carbocycles. The maximum atomic E-state index is 12.4. The molecule has 3 rings (SSSR count). The zero-order valence-corrected chi connectivity index (χ0v) is 18.6. The molecule has 0 bridgehead atoms. The first-order valence-corrected chi connectivity index (χ1v) is 10.1. The third kappa shape index (κ3) is 5.82. The van der Waals surface area contributed by atoms with E-state index in [-0.39, 0.29) is 22.9 Å². The summed E-state index contributed by atoms with van der Waals surface area (Å²) in [5.74, 6) is -0.00101. The average molecular weight is 446 g/mol. The lowest BCUT2D eigenvalue weighted by atomic mass is 10.1. The van der Waals surface area contributed by atoms with Crippen LogP contribution in [0.1, 0.15) is 43.5 Å². The Hall–Kier alpha value is -1.85. The van der Waals surface area contributed by atoms with E-state index in [0.717, 1.165) is 29.9 Å². The number of hydrogen-bond acceptors (Lipinski definition) is 3. The molecule has 1 fully saturated rings. The predicted molar refractivity (Wildman–Crippen MR) is 123 cm³/mol. The van der Waals surface area contributed by atoms with E-state index in [2.05, 4.69) is 59.3 Å². The van der Waals surface area contributed by atoms with Crippen LogP contribution in [0.4, 0.5) is 11.4 Å². The first-order chi connectivity index (χ1) is 13.2. The van der Waals surface area contributed by atoms with Gasteiger partial charge >= 0.3 is 0 Å². The maximum absolute atomic E-state index is 12.4. The molecule has 1 N–H and O–H groups in total. The number of hydrogen-bond donors (Lipinski definition) is 1. The molecule has 0 aromatic heterocycles. The molecule has 0 saturated carbocycles. The van der Waals surface area contributed by atoms with E-state index in [1.165, 1.54) is 25.9 Å². The van der Waals surface area contributed by atoms with Crippen LogP contribution in [-0.2, 0) is 0 Å². The lowest BCUT2D eigenvalue weighted by molar-refractivity contribution is 0.0953. The van der Waals surface area contributed by atoms with Gasteiger partial charge in [-0.15, -0.1) is 17.0 Å². The van der Waals surface area contributed by atoms with Crippen molar-refractivity contribution in [3.63, 3.8) is 0 Å². The summed E-state index contributed by atoms with van der Waals surface area (Å²) < 4.78 is 0. The summed E-state index contributed by atoms with van der Waals surface area (Å²) in [7, 11) is 0. The number of carbonyl (C=O) groups is 1. The highest BCUT2D eigenvalue weighted by Gasteiger charge is 2.22. The minimum absolute atomic E-state index is 0. The summed E-state index contributed by atoms with van der Waals surface area (Å²) in [6, 6.07) is 18.8. The summed E-state index contributed by atoms with van der Waals surface area (Å²) in [6.07, 6.45) is 3.53. The van der Waals surface area contributed by atoms with Crippen molar-refractivity contribution in [2.45, 2.75) is 39.2 Å². The molecule has 0 radical (unpaired) electrons. The van der Waals surface area contributed by atoms with Crippen molar-refractivity contribution in [3.05, 3.63) is 60.2 Å². The van der Waals surface area contributed by atoms with E-state index < -0.39 is 0 Å². The number of benzene rings is 2. The molecule has 1 unspecified atom stereocenters. The molecule has 1 amide bonds. The minimum Gasteiger partial charge on any atom is -0.352 e. The van der Waals surface area contributed by atoms with Crippen molar-refractivity contribution < 1.29 is 4.79 Å². The van der Waals surface area contributed by atoms with Gasteiger partial charge in [-0.25, -0.2) is 0 Å². The second kappa shape index (κ2) is 11.2. The van der Waals surface area contributed by atoms with Gasteiger partial charge in [0.25, 0.3) is 5.91 Å². The zero-order valence-electron chi connectivity index (χ0n) is 16.9. The Morgan fingerprint density at radius 1 is 1.07 bits per heavy atom. The molecule has 4 nitrogen and oxygen atoms in total. The van der Waals surface area contributed by atoms with E-state index in [1.54, 1.807) is 0 Å². The quantitative estimate of drug-likeness (QED) is 0.618. The van der Waals surface area contributed by atoms with E-state index >= 15 is 0 Å². The van der Waals surface area contributed by atoms with Crippen molar-refractivity contribution in [3.8, 4) is 0 Å². The number of anilines is 2. The first-order valence-electron chi connectivity index (χ1n) is 10.1.